The van der Waals surface area contributed by atoms with Crippen molar-refractivity contribution in [3.05, 3.63) is 29.0 Å². The molecule has 8 nitrogen and oxygen atoms in total. The van der Waals surface area contributed by atoms with Crippen LogP contribution in [0.2, 0.25) is 5.02 Å². The van der Waals surface area contributed by atoms with Gasteiger partial charge in [0.2, 0.25) is 5.91 Å². The van der Waals surface area contributed by atoms with E-state index >= 15 is 0 Å². The molecule has 35 heavy (non-hydrogen) atoms. The number of carbonyl (C=O) groups is 2. The number of benzene rings is 1. The highest BCUT2D eigenvalue weighted by Gasteiger charge is 2.55. The number of amides is 2. The van der Waals surface area contributed by atoms with Crippen LogP contribution in [0, 0.1) is 11.2 Å². The maximum atomic E-state index is 13.6. The number of aliphatic hydroxyl groups excluding tert-OH is 1. The highest BCUT2D eigenvalue weighted by molar-refractivity contribution is 6.30. The summed E-state index contributed by atoms with van der Waals surface area (Å²) in [6.45, 7) is 7.50. The standard InChI is InChI=1S/C25H36ClFN4O4/c1-23(2,3)19-13-28-18(12-29-19)22(34)31-24-6-8-25(9-7-24,20(32)11-24)30-21(33)14-35-15-4-5-16(26)17(27)10-15/h4-5,10,18-20,28-29,32H,6-9,11-14H2,1-3H3,(H,30,33)(H,31,34)/t18?,19?,20-,24?,25?/m0/s1. The number of piperazine rings is 1. The minimum atomic E-state index is -0.787. The summed E-state index contributed by atoms with van der Waals surface area (Å²) in [4.78, 5) is 25.6. The molecule has 0 spiro atoms. The molecule has 4 fully saturated rings. The van der Waals surface area contributed by atoms with Crippen LogP contribution in [0.3, 0.4) is 0 Å². The summed E-state index contributed by atoms with van der Waals surface area (Å²) >= 11 is 5.67. The molecule has 5 rings (SSSR count). The van der Waals surface area contributed by atoms with Crippen molar-refractivity contribution in [3.63, 3.8) is 0 Å². The molecular formula is C25H36ClFN4O4. The molecule has 10 heteroatoms. The zero-order valence-electron chi connectivity index (χ0n) is 20.5. The highest BCUT2D eigenvalue weighted by atomic mass is 35.5. The molecule has 2 unspecified atom stereocenters. The molecule has 2 bridgehead atoms. The summed E-state index contributed by atoms with van der Waals surface area (Å²) in [5.74, 6) is -0.860. The minimum absolute atomic E-state index is 0.0200. The summed E-state index contributed by atoms with van der Waals surface area (Å²) in [6, 6.07) is 3.96. The second-order valence-electron chi connectivity index (χ2n) is 11.3. The van der Waals surface area contributed by atoms with Gasteiger partial charge in [-0.05, 0) is 49.7 Å². The van der Waals surface area contributed by atoms with E-state index in [0.717, 1.165) is 12.6 Å². The number of rotatable bonds is 6. The lowest BCUT2D eigenvalue weighted by molar-refractivity contribution is -0.137. The first-order valence-corrected chi connectivity index (χ1v) is 12.6. The van der Waals surface area contributed by atoms with E-state index in [-0.39, 0.29) is 40.7 Å². The van der Waals surface area contributed by atoms with Crippen LogP contribution in [-0.2, 0) is 9.59 Å². The Morgan fingerprint density at radius 2 is 1.89 bits per heavy atom. The van der Waals surface area contributed by atoms with Crippen molar-refractivity contribution in [1.82, 2.24) is 21.3 Å². The molecule has 5 N–H and O–H groups in total. The first kappa shape index (κ1) is 26.1. The van der Waals surface area contributed by atoms with Gasteiger partial charge in [0.1, 0.15) is 11.6 Å². The zero-order chi connectivity index (χ0) is 25.4. The van der Waals surface area contributed by atoms with Crippen molar-refractivity contribution in [1.29, 1.82) is 0 Å². The highest BCUT2D eigenvalue weighted by Crippen LogP contribution is 2.47. The summed E-state index contributed by atoms with van der Waals surface area (Å²) in [5, 5.41) is 23.9. The fourth-order valence-electron chi connectivity index (χ4n) is 5.50. The molecule has 194 valence electrons. The fraction of sp³-hybridized carbons (Fsp3) is 0.680. The van der Waals surface area contributed by atoms with E-state index in [9.17, 15) is 19.1 Å². The summed E-state index contributed by atoms with van der Waals surface area (Å²) < 4.78 is 19.0. The van der Waals surface area contributed by atoms with Gasteiger partial charge in [-0.2, -0.15) is 0 Å². The quantitative estimate of drug-likeness (QED) is 0.399. The van der Waals surface area contributed by atoms with Crippen LogP contribution < -0.4 is 26.0 Å². The zero-order valence-corrected chi connectivity index (χ0v) is 21.3. The van der Waals surface area contributed by atoms with Gasteiger partial charge in [0.15, 0.2) is 6.61 Å². The Kier molecular flexibility index (Phi) is 7.35. The number of halogens is 2. The molecule has 4 aliphatic rings. The third kappa shape index (κ3) is 5.74. The molecule has 0 radical (unpaired) electrons. The summed E-state index contributed by atoms with van der Waals surface area (Å²) in [5.41, 5.74) is -1.11. The molecule has 0 aromatic heterocycles. The van der Waals surface area contributed by atoms with Crippen LogP contribution in [0.25, 0.3) is 0 Å². The monoisotopic (exact) mass is 510 g/mol. The van der Waals surface area contributed by atoms with E-state index in [1.54, 1.807) is 0 Å². The van der Waals surface area contributed by atoms with Crippen LogP contribution in [0.5, 0.6) is 5.75 Å². The van der Waals surface area contributed by atoms with E-state index in [4.69, 9.17) is 16.3 Å². The Balaban J connectivity index is 1.28. The van der Waals surface area contributed by atoms with Gasteiger partial charge in [-0.1, -0.05) is 32.4 Å². The maximum absolute atomic E-state index is 13.6. The number of nitrogens with one attached hydrogen (secondary N) is 4. The van der Waals surface area contributed by atoms with Gasteiger partial charge in [0, 0.05) is 30.7 Å². The van der Waals surface area contributed by atoms with Gasteiger partial charge >= 0.3 is 0 Å². The average Bonchev–Trinajstić information content (AvgIpc) is 2.80. The Hall–Kier alpha value is -1.94. The van der Waals surface area contributed by atoms with Gasteiger partial charge in [0.25, 0.3) is 5.91 Å². The van der Waals surface area contributed by atoms with Crippen molar-refractivity contribution in [3.8, 4) is 5.75 Å². The average molecular weight is 511 g/mol. The van der Waals surface area contributed by atoms with Crippen molar-refractivity contribution in [2.24, 2.45) is 5.41 Å². The van der Waals surface area contributed by atoms with Gasteiger partial charge in [-0.25, -0.2) is 4.39 Å². The first-order valence-electron chi connectivity index (χ1n) is 12.3. The lowest BCUT2D eigenvalue weighted by atomic mass is 9.59. The summed E-state index contributed by atoms with van der Waals surface area (Å²) in [7, 11) is 0. The van der Waals surface area contributed by atoms with Gasteiger partial charge < -0.3 is 31.1 Å². The molecule has 1 heterocycles. The van der Waals surface area contributed by atoms with E-state index in [0.29, 0.717) is 44.7 Å². The number of aliphatic hydroxyl groups is 1. The van der Waals surface area contributed by atoms with Crippen molar-refractivity contribution >= 4 is 23.4 Å². The predicted octanol–water partition coefficient (Wildman–Crippen LogP) is 1.88. The van der Waals surface area contributed by atoms with Crippen LogP contribution in [-0.4, -0.2) is 65.9 Å². The molecule has 1 aliphatic heterocycles. The van der Waals surface area contributed by atoms with Crippen LogP contribution in [0.15, 0.2) is 18.2 Å². The predicted molar refractivity (Wildman–Crippen MR) is 131 cm³/mol. The van der Waals surface area contributed by atoms with Crippen LogP contribution >= 0.6 is 11.6 Å². The van der Waals surface area contributed by atoms with E-state index < -0.39 is 23.0 Å². The second kappa shape index (κ2) is 9.84. The normalized spacial score (nSPS) is 32.7. The molecule has 3 saturated carbocycles. The molecule has 1 aromatic carbocycles. The number of hydrogen-bond acceptors (Lipinski definition) is 6. The fourth-order valence-corrected chi connectivity index (χ4v) is 5.62. The number of carbonyl (C=O) groups excluding carboxylic acids is 2. The lowest BCUT2D eigenvalue weighted by Gasteiger charge is -2.56. The van der Waals surface area contributed by atoms with E-state index in [2.05, 4.69) is 42.0 Å². The van der Waals surface area contributed by atoms with Crippen LogP contribution in [0.1, 0.15) is 52.9 Å². The molecule has 3 atom stereocenters. The molecular weight excluding hydrogens is 475 g/mol. The SMILES string of the molecule is CC(C)(C)C1CNC(C(=O)NC23CCC(NC(=O)COc4ccc(Cl)c(F)c4)(CC2)[C@@H](O)C3)CN1. The molecule has 2 amide bonds. The third-order valence-electron chi connectivity index (χ3n) is 7.86. The summed E-state index contributed by atoms with van der Waals surface area (Å²) in [6.07, 6.45) is 2.04. The van der Waals surface area contributed by atoms with Crippen molar-refractivity contribution in [2.45, 2.75) is 82.1 Å². The Bertz CT molecular complexity index is 953. The Labute approximate surface area is 210 Å². The van der Waals surface area contributed by atoms with Crippen LogP contribution in [0.4, 0.5) is 4.39 Å². The number of hydrogen-bond donors (Lipinski definition) is 5. The Morgan fingerprint density at radius 3 is 2.46 bits per heavy atom. The topological polar surface area (TPSA) is 112 Å². The Morgan fingerprint density at radius 1 is 1.17 bits per heavy atom. The van der Waals surface area contributed by atoms with Gasteiger partial charge in [-0.3, -0.25) is 9.59 Å². The largest absolute Gasteiger partial charge is 0.484 e. The van der Waals surface area contributed by atoms with Gasteiger partial charge in [0.05, 0.1) is 22.7 Å². The second-order valence-corrected chi connectivity index (χ2v) is 11.8. The minimum Gasteiger partial charge on any atom is -0.484 e. The molecule has 1 saturated heterocycles. The molecule has 3 aliphatic carbocycles. The van der Waals surface area contributed by atoms with Crippen molar-refractivity contribution in [2.75, 3.05) is 19.7 Å². The van der Waals surface area contributed by atoms with Crippen molar-refractivity contribution < 1.29 is 23.8 Å². The van der Waals surface area contributed by atoms with E-state index in [1.165, 1.54) is 12.1 Å². The number of ether oxygens (including phenoxy) is 1. The smallest absolute Gasteiger partial charge is 0.258 e. The third-order valence-corrected chi connectivity index (χ3v) is 8.16. The maximum Gasteiger partial charge on any atom is 0.258 e. The lowest BCUT2D eigenvalue weighted by Crippen LogP contribution is -2.72. The molecule has 1 aromatic rings. The first-order chi connectivity index (χ1) is 16.4. The number of fused-ring (bicyclic) bond motifs is 3. The van der Waals surface area contributed by atoms with Gasteiger partial charge in [-0.15, -0.1) is 0 Å². The van der Waals surface area contributed by atoms with E-state index in [1.807, 2.05) is 0 Å².